The van der Waals surface area contributed by atoms with Gasteiger partial charge in [0.05, 0.1) is 0 Å². The van der Waals surface area contributed by atoms with Gasteiger partial charge in [-0.1, -0.05) is 105 Å². The van der Waals surface area contributed by atoms with E-state index in [1.165, 1.54) is 0 Å². The Morgan fingerprint density at radius 1 is 0.743 bits per heavy atom. The second kappa shape index (κ2) is 10.2. The fraction of sp³-hybridized carbons (Fsp3) is 0.219. The van der Waals surface area contributed by atoms with Crippen molar-refractivity contribution in [3.05, 3.63) is 121 Å². The minimum Gasteiger partial charge on any atom is -0.451 e. The molecule has 5 rings (SSSR count). The van der Waals surface area contributed by atoms with E-state index in [2.05, 4.69) is 62.4 Å². The van der Waals surface area contributed by atoms with Gasteiger partial charge in [-0.3, -0.25) is 0 Å². The summed E-state index contributed by atoms with van der Waals surface area (Å²) in [6.45, 7) is 4.36. The molecule has 176 valence electrons. The van der Waals surface area contributed by atoms with Crippen molar-refractivity contribution in [1.82, 2.24) is 4.57 Å². The lowest BCUT2D eigenvalue weighted by Crippen LogP contribution is -2.25. The highest BCUT2D eigenvalue weighted by atomic mass is 16.5. The molecule has 0 aliphatic carbocycles. The van der Waals surface area contributed by atoms with Gasteiger partial charge in [0.2, 0.25) is 0 Å². The molecule has 0 radical (unpaired) electrons. The zero-order valence-corrected chi connectivity index (χ0v) is 20.3. The molecule has 3 nitrogen and oxygen atoms in total. The molecule has 1 unspecified atom stereocenters. The van der Waals surface area contributed by atoms with Crippen molar-refractivity contribution in [2.75, 3.05) is 0 Å². The maximum Gasteiger partial charge on any atom is 0.330 e. The van der Waals surface area contributed by atoms with Crippen molar-refractivity contribution in [3.8, 4) is 0 Å². The average Bonchev–Trinajstić information content (AvgIpc) is 3.44. The molecule has 0 amide bonds. The first-order chi connectivity index (χ1) is 17.2. The molecule has 35 heavy (non-hydrogen) atoms. The standard InChI is InChI=1S/C32H31NO2/c1-3-23(2)22-30(33-20-8-9-21-33)32(34)35-31(28-18-10-14-24-12-4-6-16-26(24)28)29-19-11-15-25-13-5-7-17-27(25)29/h4-21,23,30-31H,3,22H2,1-2H3/t23?,30-/m0/s1. The van der Waals surface area contributed by atoms with Gasteiger partial charge in [0.25, 0.3) is 0 Å². The molecule has 0 aliphatic rings. The molecule has 0 aliphatic heterocycles. The van der Waals surface area contributed by atoms with E-state index in [9.17, 15) is 4.79 Å². The minimum atomic E-state index is -0.519. The van der Waals surface area contributed by atoms with Gasteiger partial charge < -0.3 is 9.30 Å². The zero-order valence-electron chi connectivity index (χ0n) is 20.3. The SMILES string of the molecule is CCC(C)C[C@@H](C(=O)OC(c1cccc2ccccc12)c1cccc2ccccc12)n1cccc1. The topological polar surface area (TPSA) is 31.2 Å². The van der Waals surface area contributed by atoms with E-state index < -0.39 is 6.10 Å². The summed E-state index contributed by atoms with van der Waals surface area (Å²) >= 11 is 0. The fourth-order valence-electron chi connectivity index (χ4n) is 4.89. The first kappa shape index (κ1) is 22.9. The van der Waals surface area contributed by atoms with E-state index in [0.29, 0.717) is 5.92 Å². The minimum absolute atomic E-state index is 0.202. The van der Waals surface area contributed by atoms with Crippen molar-refractivity contribution in [2.24, 2.45) is 5.92 Å². The van der Waals surface area contributed by atoms with Crippen LogP contribution in [0.1, 0.15) is 50.0 Å². The molecule has 1 aromatic heterocycles. The molecule has 0 N–H and O–H groups in total. The van der Waals surface area contributed by atoms with Crippen molar-refractivity contribution >= 4 is 27.5 Å². The van der Waals surface area contributed by atoms with E-state index in [0.717, 1.165) is 45.5 Å². The maximum atomic E-state index is 13.9. The summed E-state index contributed by atoms with van der Waals surface area (Å²) in [4.78, 5) is 13.9. The monoisotopic (exact) mass is 461 g/mol. The third-order valence-electron chi connectivity index (χ3n) is 7.03. The molecule has 0 fully saturated rings. The molecule has 0 saturated carbocycles. The predicted octanol–water partition coefficient (Wildman–Crippen LogP) is 8.10. The Morgan fingerprint density at radius 3 is 1.80 bits per heavy atom. The summed E-state index contributed by atoms with van der Waals surface area (Å²) in [5.74, 6) is 0.205. The summed E-state index contributed by atoms with van der Waals surface area (Å²) in [6.07, 6.45) is 5.15. The van der Waals surface area contributed by atoms with Crippen LogP contribution in [-0.4, -0.2) is 10.5 Å². The molecular weight excluding hydrogens is 430 g/mol. The highest BCUT2D eigenvalue weighted by Crippen LogP contribution is 2.37. The van der Waals surface area contributed by atoms with Crippen LogP contribution in [0.5, 0.6) is 0 Å². The Kier molecular flexibility index (Phi) is 6.67. The van der Waals surface area contributed by atoms with Gasteiger partial charge in [-0.25, -0.2) is 4.79 Å². The van der Waals surface area contributed by atoms with Crippen LogP contribution in [-0.2, 0) is 9.53 Å². The van der Waals surface area contributed by atoms with Crippen LogP contribution in [0.4, 0.5) is 0 Å². The number of esters is 1. The molecular formula is C32H31NO2. The summed E-state index contributed by atoms with van der Waals surface area (Å²) in [7, 11) is 0. The van der Waals surface area contributed by atoms with E-state index >= 15 is 0 Å². The lowest BCUT2D eigenvalue weighted by Gasteiger charge is -2.26. The third-order valence-corrected chi connectivity index (χ3v) is 7.03. The van der Waals surface area contributed by atoms with Gasteiger partial charge in [-0.15, -0.1) is 0 Å². The largest absolute Gasteiger partial charge is 0.451 e. The number of nitrogens with zero attached hydrogens (tertiary/aromatic N) is 1. The maximum absolute atomic E-state index is 13.9. The Hall–Kier alpha value is -3.85. The number of hydrogen-bond donors (Lipinski definition) is 0. The number of hydrogen-bond acceptors (Lipinski definition) is 2. The summed E-state index contributed by atoms with van der Waals surface area (Å²) in [5.41, 5.74) is 2.00. The van der Waals surface area contributed by atoms with Gasteiger partial charge >= 0.3 is 5.97 Å². The molecule has 0 saturated heterocycles. The second-order valence-electron chi connectivity index (χ2n) is 9.35. The van der Waals surface area contributed by atoms with Gasteiger partial charge in [0.15, 0.2) is 6.10 Å². The second-order valence-corrected chi connectivity index (χ2v) is 9.35. The Bertz CT molecular complexity index is 1350. The normalized spacial score (nSPS) is 13.2. The van der Waals surface area contributed by atoms with Crippen molar-refractivity contribution < 1.29 is 9.53 Å². The Balaban J connectivity index is 1.63. The first-order valence-electron chi connectivity index (χ1n) is 12.4. The van der Waals surface area contributed by atoms with Gasteiger partial charge in [0.1, 0.15) is 6.04 Å². The number of carbonyl (C=O) groups excluding carboxylic acids is 1. The number of benzene rings is 4. The predicted molar refractivity (Wildman–Crippen MR) is 143 cm³/mol. The van der Waals surface area contributed by atoms with Crippen molar-refractivity contribution in [1.29, 1.82) is 0 Å². The average molecular weight is 462 g/mol. The van der Waals surface area contributed by atoms with Crippen molar-refractivity contribution in [3.63, 3.8) is 0 Å². The van der Waals surface area contributed by atoms with E-state index in [1.54, 1.807) is 0 Å². The van der Waals surface area contributed by atoms with Crippen LogP contribution in [0.3, 0.4) is 0 Å². The smallest absolute Gasteiger partial charge is 0.330 e. The highest BCUT2D eigenvalue weighted by molar-refractivity contribution is 5.90. The zero-order chi connectivity index (χ0) is 24.2. The molecule has 0 spiro atoms. The number of ether oxygens (including phenoxy) is 1. The molecule has 3 heteroatoms. The summed E-state index contributed by atoms with van der Waals surface area (Å²) < 4.78 is 8.49. The number of aromatic nitrogens is 1. The highest BCUT2D eigenvalue weighted by Gasteiger charge is 2.29. The lowest BCUT2D eigenvalue weighted by atomic mass is 9.92. The van der Waals surface area contributed by atoms with Gasteiger partial charge in [-0.2, -0.15) is 0 Å². The van der Waals surface area contributed by atoms with Crippen LogP contribution in [0, 0.1) is 5.92 Å². The summed E-state index contributed by atoms with van der Waals surface area (Å²) in [5, 5.41) is 4.46. The van der Waals surface area contributed by atoms with E-state index in [1.807, 2.05) is 65.5 Å². The van der Waals surface area contributed by atoms with Crippen molar-refractivity contribution in [2.45, 2.75) is 38.8 Å². The third kappa shape index (κ3) is 4.72. The first-order valence-corrected chi connectivity index (χ1v) is 12.4. The molecule has 1 heterocycles. The number of fused-ring (bicyclic) bond motifs is 2. The molecule has 2 atom stereocenters. The Morgan fingerprint density at radius 2 is 1.26 bits per heavy atom. The van der Waals surface area contributed by atoms with Gasteiger partial charge in [-0.05, 0) is 46.0 Å². The van der Waals surface area contributed by atoms with Gasteiger partial charge in [0, 0.05) is 23.5 Å². The molecule has 4 aromatic carbocycles. The van der Waals surface area contributed by atoms with Crippen LogP contribution in [0.2, 0.25) is 0 Å². The van der Waals surface area contributed by atoms with E-state index in [-0.39, 0.29) is 12.0 Å². The van der Waals surface area contributed by atoms with Crippen LogP contribution in [0.15, 0.2) is 109 Å². The van der Waals surface area contributed by atoms with E-state index in [4.69, 9.17) is 4.74 Å². The fourth-order valence-corrected chi connectivity index (χ4v) is 4.89. The lowest BCUT2D eigenvalue weighted by molar-refractivity contribution is -0.152. The summed E-state index contributed by atoms with van der Waals surface area (Å²) in [6, 6.07) is 32.6. The van der Waals surface area contributed by atoms with Crippen LogP contribution in [0.25, 0.3) is 21.5 Å². The van der Waals surface area contributed by atoms with Crippen LogP contribution >= 0.6 is 0 Å². The quantitative estimate of drug-likeness (QED) is 0.219. The molecule has 0 bridgehead atoms. The number of carbonyl (C=O) groups is 1. The number of rotatable bonds is 8. The molecule has 5 aromatic rings. The Labute approximate surface area is 207 Å². The van der Waals surface area contributed by atoms with Crippen LogP contribution < -0.4 is 0 Å².